The van der Waals surface area contributed by atoms with Crippen molar-refractivity contribution in [2.75, 3.05) is 13.2 Å². The van der Waals surface area contributed by atoms with Gasteiger partial charge in [-0.15, -0.1) is 0 Å². The predicted molar refractivity (Wildman–Crippen MR) is 88.9 cm³/mol. The Balaban J connectivity index is 1.68. The number of hydrogen-bond donors (Lipinski definition) is 1. The van der Waals surface area contributed by atoms with Gasteiger partial charge >= 0.3 is 0 Å². The molecule has 1 aromatic heterocycles. The molecule has 1 aliphatic rings. The van der Waals surface area contributed by atoms with Crippen LogP contribution in [0, 0.1) is 0 Å². The number of nitrogens with zero attached hydrogens (tertiary/aromatic N) is 3. The Morgan fingerprint density at radius 3 is 2.83 bits per heavy atom. The molecule has 0 amide bonds. The number of likely N-dealkylation sites (tertiary alicyclic amines) is 1. The number of aromatic nitrogens is 2. The molecule has 1 atom stereocenters. The minimum Gasteiger partial charge on any atom is -0.396 e. The average molecular weight is 315 g/mol. The van der Waals surface area contributed by atoms with Crippen molar-refractivity contribution in [3.63, 3.8) is 0 Å². The van der Waals surface area contributed by atoms with Crippen molar-refractivity contribution in [2.24, 2.45) is 0 Å². The first kappa shape index (κ1) is 16.1. The van der Waals surface area contributed by atoms with Gasteiger partial charge in [0, 0.05) is 18.2 Å². The predicted octanol–water partition coefficient (Wildman–Crippen LogP) is 3.04. The van der Waals surface area contributed by atoms with E-state index in [0.717, 1.165) is 31.4 Å². The molecule has 0 aliphatic carbocycles. The third-order valence-corrected chi connectivity index (χ3v) is 4.64. The summed E-state index contributed by atoms with van der Waals surface area (Å²) in [5.41, 5.74) is 2.29. The fourth-order valence-electron chi connectivity index (χ4n) is 3.24. The summed E-state index contributed by atoms with van der Waals surface area (Å²) in [4.78, 5) is 6.90. The molecule has 1 N–H and O–H groups in total. The van der Waals surface area contributed by atoms with Gasteiger partial charge in [-0.3, -0.25) is 4.90 Å². The molecule has 1 saturated heterocycles. The second-order valence-electron chi connectivity index (χ2n) is 6.19. The first-order valence-corrected chi connectivity index (χ1v) is 8.57. The second kappa shape index (κ2) is 7.70. The average Bonchev–Trinajstić information content (AvgIpc) is 3.05. The highest BCUT2D eigenvalue weighted by Crippen LogP contribution is 2.22. The van der Waals surface area contributed by atoms with Gasteiger partial charge in [-0.05, 0) is 37.8 Å². The molecule has 1 aromatic carbocycles. The Hall–Kier alpha value is -1.72. The van der Waals surface area contributed by atoms with Crippen molar-refractivity contribution in [3.05, 3.63) is 35.7 Å². The molecule has 23 heavy (non-hydrogen) atoms. The van der Waals surface area contributed by atoms with E-state index in [1.807, 2.05) is 12.1 Å². The molecule has 5 nitrogen and oxygen atoms in total. The molecule has 5 heteroatoms. The van der Waals surface area contributed by atoms with Crippen molar-refractivity contribution < 1.29 is 9.63 Å². The van der Waals surface area contributed by atoms with Crippen LogP contribution in [-0.2, 0) is 13.0 Å². The summed E-state index contributed by atoms with van der Waals surface area (Å²) < 4.78 is 5.44. The van der Waals surface area contributed by atoms with Gasteiger partial charge in [0.25, 0.3) is 0 Å². The quantitative estimate of drug-likeness (QED) is 0.888. The number of piperidine rings is 1. The Morgan fingerprint density at radius 2 is 2.09 bits per heavy atom. The van der Waals surface area contributed by atoms with Gasteiger partial charge in [-0.1, -0.05) is 42.8 Å². The summed E-state index contributed by atoms with van der Waals surface area (Å²) in [6.07, 6.45) is 5.42. The normalized spacial score (nSPS) is 19.1. The summed E-state index contributed by atoms with van der Waals surface area (Å²) >= 11 is 0. The molecule has 3 rings (SSSR count). The molecule has 1 unspecified atom stereocenters. The molecule has 1 aliphatic heterocycles. The monoisotopic (exact) mass is 315 g/mol. The van der Waals surface area contributed by atoms with Crippen molar-refractivity contribution >= 4 is 0 Å². The number of aliphatic hydroxyl groups excluding tert-OH is 1. The van der Waals surface area contributed by atoms with Crippen LogP contribution in [0.4, 0.5) is 0 Å². The lowest BCUT2D eigenvalue weighted by molar-refractivity contribution is 0.100. The fourth-order valence-corrected chi connectivity index (χ4v) is 3.24. The zero-order valence-electron chi connectivity index (χ0n) is 13.7. The van der Waals surface area contributed by atoms with Crippen LogP contribution in [0.1, 0.15) is 44.1 Å². The van der Waals surface area contributed by atoms with Crippen molar-refractivity contribution in [2.45, 2.75) is 51.6 Å². The van der Waals surface area contributed by atoms with Crippen molar-refractivity contribution in [1.29, 1.82) is 0 Å². The molecule has 0 spiro atoms. The largest absolute Gasteiger partial charge is 0.396 e. The fraction of sp³-hybridized carbons (Fsp3) is 0.556. The maximum atomic E-state index is 9.22. The second-order valence-corrected chi connectivity index (χ2v) is 6.19. The molecule has 0 saturated carbocycles. The van der Waals surface area contributed by atoms with Crippen LogP contribution in [0.15, 0.2) is 28.8 Å². The van der Waals surface area contributed by atoms with E-state index in [-0.39, 0.29) is 6.61 Å². The maximum Gasteiger partial charge on any atom is 0.241 e. The van der Waals surface area contributed by atoms with Crippen molar-refractivity contribution in [1.82, 2.24) is 15.0 Å². The van der Waals surface area contributed by atoms with E-state index < -0.39 is 0 Å². The van der Waals surface area contributed by atoms with Gasteiger partial charge < -0.3 is 9.63 Å². The molecule has 0 bridgehead atoms. The summed E-state index contributed by atoms with van der Waals surface area (Å²) in [5.74, 6) is 1.31. The SMILES string of the molecule is CCc1ccc(-c2noc(CN3CCCCC3CCO)n2)cc1. The molecule has 2 heterocycles. The Bertz CT molecular complexity index is 607. The van der Waals surface area contributed by atoms with Crippen molar-refractivity contribution in [3.8, 4) is 11.4 Å². The molecule has 1 fully saturated rings. The highest BCUT2D eigenvalue weighted by molar-refractivity contribution is 5.54. The minimum absolute atomic E-state index is 0.236. The zero-order valence-corrected chi connectivity index (χ0v) is 13.7. The number of benzene rings is 1. The van der Waals surface area contributed by atoms with E-state index in [4.69, 9.17) is 4.52 Å². The molecule has 2 aromatic rings. The summed E-state index contributed by atoms with van der Waals surface area (Å²) in [7, 11) is 0. The number of aliphatic hydroxyl groups is 1. The van der Waals surface area contributed by atoms with Crippen LogP contribution in [0.5, 0.6) is 0 Å². The van der Waals surface area contributed by atoms with Gasteiger partial charge in [0.05, 0.1) is 6.54 Å². The third kappa shape index (κ3) is 3.98. The number of rotatable bonds is 6. The van der Waals surface area contributed by atoms with Crippen LogP contribution < -0.4 is 0 Å². The number of hydrogen-bond acceptors (Lipinski definition) is 5. The Labute approximate surface area is 137 Å². The summed E-state index contributed by atoms with van der Waals surface area (Å²) in [5, 5.41) is 13.3. The van der Waals surface area contributed by atoms with Gasteiger partial charge in [-0.2, -0.15) is 4.98 Å². The summed E-state index contributed by atoms with van der Waals surface area (Å²) in [6, 6.07) is 8.72. The molecule has 0 radical (unpaired) electrons. The van der Waals surface area contributed by atoms with Crippen LogP contribution >= 0.6 is 0 Å². The van der Waals surface area contributed by atoms with Crippen LogP contribution in [0.3, 0.4) is 0 Å². The van der Waals surface area contributed by atoms with E-state index in [1.54, 1.807) is 0 Å². The lowest BCUT2D eigenvalue weighted by atomic mass is 10.00. The van der Waals surface area contributed by atoms with Crippen LogP contribution in [0.25, 0.3) is 11.4 Å². The standard InChI is InChI=1S/C18H25N3O2/c1-2-14-6-8-15(9-7-14)18-19-17(23-20-18)13-21-11-4-3-5-16(21)10-12-22/h6-9,16,22H,2-5,10-13H2,1H3. The van der Waals surface area contributed by atoms with Gasteiger partial charge in [-0.25, -0.2) is 0 Å². The summed E-state index contributed by atoms with van der Waals surface area (Å²) in [6.45, 7) is 4.08. The van der Waals surface area contributed by atoms with Gasteiger partial charge in [0.15, 0.2) is 0 Å². The van der Waals surface area contributed by atoms with E-state index >= 15 is 0 Å². The zero-order chi connectivity index (χ0) is 16.1. The highest BCUT2D eigenvalue weighted by Gasteiger charge is 2.24. The Kier molecular flexibility index (Phi) is 5.41. The van der Waals surface area contributed by atoms with E-state index in [1.165, 1.54) is 18.4 Å². The first-order valence-electron chi connectivity index (χ1n) is 8.57. The number of aryl methyl sites for hydroxylation is 1. The molecule has 124 valence electrons. The third-order valence-electron chi connectivity index (χ3n) is 4.64. The van der Waals surface area contributed by atoms with E-state index in [9.17, 15) is 5.11 Å². The topological polar surface area (TPSA) is 62.4 Å². The van der Waals surface area contributed by atoms with Gasteiger partial charge in [0.2, 0.25) is 11.7 Å². The van der Waals surface area contributed by atoms with Gasteiger partial charge in [0.1, 0.15) is 0 Å². The van der Waals surface area contributed by atoms with E-state index in [0.29, 0.717) is 24.3 Å². The lowest BCUT2D eigenvalue weighted by Crippen LogP contribution is -2.39. The maximum absolute atomic E-state index is 9.22. The van der Waals surface area contributed by atoms with Crippen LogP contribution in [0.2, 0.25) is 0 Å². The minimum atomic E-state index is 0.236. The lowest BCUT2D eigenvalue weighted by Gasteiger charge is -2.34. The smallest absolute Gasteiger partial charge is 0.241 e. The van der Waals surface area contributed by atoms with Crippen LogP contribution in [-0.4, -0.2) is 39.3 Å². The van der Waals surface area contributed by atoms with E-state index in [2.05, 4.69) is 34.1 Å². The molecular weight excluding hydrogens is 290 g/mol. The molecular formula is C18H25N3O2. The first-order chi connectivity index (χ1) is 11.3. The Morgan fingerprint density at radius 1 is 1.26 bits per heavy atom. The highest BCUT2D eigenvalue weighted by atomic mass is 16.5.